The molecule has 0 aliphatic heterocycles. The highest BCUT2D eigenvalue weighted by molar-refractivity contribution is 14.0. The van der Waals surface area contributed by atoms with Crippen LogP contribution in [0.25, 0.3) is 0 Å². The first-order valence-corrected chi connectivity index (χ1v) is 6.35. The minimum atomic E-state index is 0. The first-order chi connectivity index (χ1) is 9.78. The molecule has 0 aliphatic carbocycles. The van der Waals surface area contributed by atoms with E-state index in [1.807, 2.05) is 25.1 Å². The standard InChI is InChI=1S/C14H18N4O2.HI/c1-3-6-15-14(17-10-13-5-4-7-19-13)16-9-12-8-11(2)20-18-12;/h3-5,7-8H,1,6,9-10H2,2H3,(H2,15,16,17);1H. The topological polar surface area (TPSA) is 75.6 Å². The van der Waals surface area contributed by atoms with Gasteiger partial charge in [-0.2, -0.15) is 0 Å². The third kappa shape index (κ3) is 6.03. The minimum Gasteiger partial charge on any atom is -0.467 e. The number of aromatic nitrogens is 1. The second-order valence-corrected chi connectivity index (χ2v) is 4.20. The average molecular weight is 402 g/mol. The number of hydrogen-bond acceptors (Lipinski definition) is 4. The Morgan fingerprint density at radius 1 is 1.48 bits per heavy atom. The van der Waals surface area contributed by atoms with Crippen LogP contribution in [0.5, 0.6) is 0 Å². The van der Waals surface area contributed by atoms with Crippen molar-refractivity contribution in [2.24, 2.45) is 4.99 Å². The van der Waals surface area contributed by atoms with Crippen molar-refractivity contribution >= 4 is 29.9 Å². The van der Waals surface area contributed by atoms with E-state index in [0.29, 0.717) is 25.6 Å². The first kappa shape index (κ1) is 17.3. The number of furan rings is 1. The van der Waals surface area contributed by atoms with E-state index in [4.69, 9.17) is 8.94 Å². The van der Waals surface area contributed by atoms with Crippen molar-refractivity contribution in [1.82, 2.24) is 15.8 Å². The largest absolute Gasteiger partial charge is 0.467 e. The fourth-order valence-electron chi connectivity index (χ4n) is 1.58. The number of aryl methyl sites for hydroxylation is 1. The molecule has 7 heteroatoms. The number of hydrogen-bond donors (Lipinski definition) is 2. The van der Waals surface area contributed by atoms with Crippen LogP contribution in [0.1, 0.15) is 17.2 Å². The van der Waals surface area contributed by atoms with Crippen LogP contribution in [0.3, 0.4) is 0 Å². The number of guanidine groups is 1. The molecule has 0 bridgehead atoms. The van der Waals surface area contributed by atoms with E-state index >= 15 is 0 Å². The molecule has 114 valence electrons. The van der Waals surface area contributed by atoms with Crippen LogP contribution in [0, 0.1) is 6.92 Å². The van der Waals surface area contributed by atoms with Gasteiger partial charge in [0.05, 0.1) is 19.4 Å². The summed E-state index contributed by atoms with van der Waals surface area (Å²) in [5.74, 6) is 2.29. The molecule has 2 aromatic heterocycles. The Balaban J connectivity index is 0.00000220. The zero-order valence-corrected chi connectivity index (χ0v) is 14.2. The fraction of sp³-hybridized carbons (Fsp3) is 0.286. The molecule has 0 aromatic carbocycles. The molecule has 0 unspecified atom stereocenters. The normalized spacial score (nSPS) is 10.8. The highest BCUT2D eigenvalue weighted by Crippen LogP contribution is 2.03. The van der Waals surface area contributed by atoms with Crippen molar-refractivity contribution < 1.29 is 8.94 Å². The smallest absolute Gasteiger partial charge is 0.192 e. The maximum absolute atomic E-state index is 5.26. The number of rotatable bonds is 6. The summed E-state index contributed by atoms with van der Waals surface area (Å²) in [6, 6.07) is 5.61. The third-order valence-electron chi connectivity index (χ3n) is 2.50. The number of nitrogens with one attached hydrogen (secondary N) is 2. The molecular formula is C14H19IN4O2. The van der Waals surface area contributed by atoms with E-state index in [0.717, 1.165) is 17.2 Å². The van der Waals surface area contributed by atoms with E-state index < -0.39 is 0 Å². The van der Waals surface area contributed by atoms with E-state index in [-0.39, 0.29) is 24.0 Å². The Morgan fingerprint density at radius 3 is 2.95 bits per heavy atom. The highest BCUT2D eigenvalue weighted by atomic mass is 127. The van der Waals surface area contributed by atoms with Gasteiger partial charge in [0.2, 0.25) is 0 Å². The second kappa shape index (κ2) is 9.22. The Hall–Kier alpha value is -1.77. The molecule has 21 heavy (non-hydrogen) atoms. The Morgan fingerprint density at radius 2 is 2.33 bits per heavy atom. The van der Waals surface area contributed by atoms with Crippen molar-refractivity contribution in [1.29, 1.82) is 0 Å². The van der Waals surface area contributed by atoms with Crippen LogP contribution in [0.4, 0.5) is 0 Å². The predicted octanol–water partition coefficient (Wildman–Crippen LogP) is 2.62. The maximum atomic E-state index is 5.26. The monoisotopic (exact) mass is 402 g/mol. The maximum Gasteiger partial charge on any atom is 0.192 e. The van der Waals surface area contributed by atoms with Crippen LogP contribution in [0.2, 0.25) is 0 Å². The van der Waals surface area contributed by atoms with Crippen molar-refractivity contribution in [3.63, 3.8) is 0 Å². The fourth-order valence-corrected chi connectivity index (χ4v) is 1.58. The summed E-state index contributed by atoms with van der Waals surface area (Å²) in [4.78, 5) is 4.43. The Bertz CT molecular complexity index is 563. The highest BCUT2D eigenvalue weighted by Gasteiger charge is 2.02. The molecule has 0 aliphatic rings. The average Bonchev–Trinajstić information content (AvgIpc) is 3.09. The summed E-state index contributed by atoms with van der Waals surface area (Å²) in [5.41, 5.74) is 0.792. The molecule has 0 atom stereocenters. The van der Waals surface area contributed by atoms with Crippen LogP contribution in [-0.2, 0) is 13.1 Å². The van der Waals surface area contributed by atoms with Gasteiger partial charge in [-0.1, -0.05) is 11.2 Å². The van der Waals surface area contributed by atoms with Crippen LogP contribution >= 0.6 is 24.0 Å². The number of aliphatic imine (C=N–C) groups is 1. The lowest BCUT2D eigenvalue weighted by Gasteiger charge is -2.09. The molecule has 2 N–H and O–H groups in total. The lowest BCUT2D eigenvalue weighted by Crippen LogP contribution is -2.37. The molecule has 0 saturated heterocycles. The molecule has 2 aromatic rings. The lowest BCUT2D eigenvalue weighted by atomic mass is 10.4. The van der Waals surface area contributed by atoms with Crippen LogP contribution < -0.4 is 10.6 Å². The van der Waals surface area contributed by atoms with Gasteiger partial charge in [-0.15, -0.1) is 30.6 Å². The van der Waals surface area contributed by atoms with Gasteiger partial charge in [0.1, 0.15) is 17.2 Å². The summed E-state index contributed by atoms with van der Waals surface area (Å²) < 4.78 is 10.3. The quantitative estimate of drug-likeness (QED) is 0.336. The van der Waals surface area contributed by atoms with E-state index in [2.05, 4.69) is 27.4 Å². The zero-order valence-electron chi connectivity index (χ0n) is 11.8. The van der Waals surface area contributed by atoms with Crippen molar-refractivity contribution in [2.45, 2.75) is 20.0 Å². The molecule has 0 radical (unpaired) electrons. The minimum absolute atomic E-state index is 0. The molecule has 0 fully saturated rings. The van der Waals surface area contributed by atoms with Gasteiger partial charge < -0.3 is 19.6 Å². The lowest BCUT2D eigenvalue weighted by molar-refractivity contribution is 0.391. The summed E-state index contributed by atoms with van der Waals surface area (Å²) in [6.45, 7) is 7.16. The van der Waals surface area contributed by atoms with E-state index in [9.17, 15) is 0 Å². The van der Waals surface area contributed by atoms with Crippen LogP contribution in [0.15, 0.2) is 51.0 Å². The van der Waals surface area contributed by atoms with Gasteiger partial charge >= 0.3 is 0 Å². The molecule has 0 saturated carbocycles. The summed E-state index contributed by atoms with van der Waals surface area (Å²) in [5, 5.41) is 10.2. The van der Waals surface area contributed by atoms with E-state index in [1.165, 1.54) is 0 Å². The summed E-state index contributed by atoms with van der Waals surface area (Å²) in [7, 11) is 0. The molecule has 2 rings (SSSR count). The van der Waals surface area contributed by atoms with Gasteiger partial charge in [-0.25, -0.2) is 4.99 Å². The molecule has 0 amide bonds. The molecular weight excluding hydrogens is 383 g/mol. The molecule has 0 spiro atoms. The Kier molecular flexibility index (Phi) is 7.59. The Labute approximate surface area is 140 Å². The van der Waals surface area contributed by atoms with Gasteiger partial charge in [0.25, 0.3) is 0 Å². The number of nitrogens with zero attached hydrogens (tertiary/aromatic N) is 2. The van der Waals surface area contributed by atoms with Crippen LogP contribution in [-0.4, -0.2) is 17.7 Å². The first-order valence-electron chi connectivity index (χ1n) is 6.35. The van der Waals surface area contributed by atoms with E-state index in [1.54, 1.807) is 12.3 Å². The van der Waals surface area contributed by atoms with Gasteiger partial charge in [-0.05, 0) is 19.1 Å². The van der Waals surface area contributed by atoms with Gasteiger partial charge in [0, 0.05) is 12.6 Å². The van der Waals surface area contributed by atoms with Gasteiger partial charge in [-0.3, -0.25) is 0 Å². The summed E-state index contributed by atoms with van der Waals surface area (Å²) >= 11 is 0. The second-order valence-electron chi connectivity index (χ2n) is 4.20. The summed E-state index contributed by atoms with van der Waals surface area (Å²) in [6.07, 6.45) is 3.41. The zero-order chi connectivity index (χ0) is 14.2. The number of halogens is 1. The van der Waals surface area contributed by atoms with Crippen molar-refractivity contribution in [2.75, 3.05) is 6.54 Å². The van der Waals surface area contributed by atoms with Crippen molar-refractivity contribution in [3.05, 3.63) is 54.3 Å². The SMILES string of the molecule is C=CCNC(=NCc1cc(C)on1)NCc1ccco1.I. The molecule has 6 nitrogen and oxygen atoms in total. The third-order valence-corrected chi connectivity index (χ3v) is 2.50. The predicted molar refractivity (Wildman–Crippen MR) is 91.5 cm³/mol. The van der Waals surface area contributed by atoms with Gasteiger partial charge in [0.15, 0.2) is 5.96 Å². The van der Waals surface area contributed by atoms with Crippen molar-refractivity contribution in [3.8, 4) is 0 Å². The molecule has 2 heterocycles.